The Morgan fingerprint density at radius 3 is 2.71 bits per heavy atom. The summed E-state index contributed by atoms with van der Waals surface area (Å²) in [7, 11) is 1.50. The van der Waals surface area contributed by atoms with Crippen LogP contribution in [0.25, 0.3) is 0 Å². The molecule has 0 radical (unpaired) electrons. The highest BCUT2D eigenvalue weighted by Crippen LogP contribution is 2.17. The summed E-state index contributed by atoms with van der Waals surface area (Å²) in [6, 6.07) is 1.72. The molecule has 1 unspecified atom stereocenters. The van der Waals surface area contributed by atoms with Gasteiger partial charge < -0.3 is 20.5 Å². The van der Waals surface area contributed by atoms with Crippen LogP contribution >= 0.6 is 11.6 Å². The first-order chi connectivity index (χ1) is 9.92. The van der Waals surface area contributed by atoms with E-state index in [1.807, 2.05) is 0 Å². The summed E-state index contributed by atoms with van der Waals surface area (Å²) in [6.07, 6.45) is 0.708. The van der Waals surface area contributed by atoms with Crippen molar-refractivity contribution in [1.29, 1.82) is 0 Å². The van der Waals surface area contributed by atoms with Crippen LogP contribution in [-0.2, 0) is 9.53 Å². The zero-order valence-electron chi connectivity index (χ0n) is 11.4. The SMILES string of the molecule is COCCCC(NC(=O)Nc1cc(F)cc(Cl)c1)C(=O)O. The molecular weight excluding hydrogens is 303 g/mol. The zero-order valence-corrected chi connectivity index (χ0v) is 12.1. The zero-order chi connectivity index (χ0) is 15.8. The average molecular weight is 319 g/mol. The van der Waals surface area contributed by atoms with E-state index in [-0.39, 0.29) is 17.1 Å². The molecule has 0 saturated carbocycles. The third-order valence-corrected chi connectivity index (χ3v) is 2.78. The highest BCUT2D eigenvalue weighted by Gasteiger charge is 2.19. The van der Waals surface area contributed by atoms with Crippen molar-refractivity contribution in [3.63, 3.8) is 0 Å². The van der Waals surface area contributed by atoms with Crippen molar-refractivity contribution in [2.75, 3.05) is 19.0 Å². The predicted octanol–water partition coefficient (Wildman–Crippen LogP) is 2.48. The fourth-order valence-corrected chi connectivity index (χ4v) is 1.86. The minimum Gasteiger partial charge on any atom is -0.480 e. The minimum absolute atomic E-state index is 0.125. The summed E-state index contributed by atoms with van der Waals surface area (Å²) >= 11 is 5.65. The van der Waals surface area contributed by atoms with Gasteiger partial charge in [-0.2, -0.15) is 0 Å². The highest BCUT2D eigenvalue weighted by molar-refractivity contribution is 6.30. The standard InChI is InChI=1S/C13H16ClFN2O4/c1-21-4-2-3-11(12(18)19)17-13(20)16-10-6-8(14)5-9(15)7-10/h5-7,11H,2-4H2,1H3,(H,18,19)(H2,16,17,20). The van der Waals surface area contributed by atoms with Crippen LogP contribution in [0.3, 0.4) is 0 Å². The molecule has 0 aromatic heterocycles. The molecule has 1 rings (SSSR count). The number of carboxylic acids is 1. The van der Waals surface area contributed by atoms with Gasteiger partial charge in [-0.25, -0.2) is 14.0 Å². The number of amides is 2. The second kappa shape index (κ2) is 8.43. The Morgan fingerprint density at radius 2 is 2.14 bits per heavy atom. The van der Waals surface area contributed by atoms with Crippen molar-refractivity contribution in [2.24, 2.45) is 0 Å². The number of halogens is 2. The maximum atomic E-state index is 13.1. The number of carboxylic acid groups (broad SMARTS) is 1. The van der Waals surface area contributed by atoms with Crippen LogP contribution in [0.4, 0.5) is 14.9 Å². The van der Waals surface area contributed by atoms with Crippen LogP contribution in [-0.4, -0.2) is 36.9 Å². The molecular formula is C13H16ClFN2O4. The molecule has 21 heavy (non-hydrogen) atoms. The molecule has 116 valence electrons. The molecule has 0 spiro atoms. The molecule has 1 aromatic rings. The van der Waals surface area contributed by atoms with E-state index in [4.69, 9.17) is 21.4 Å². The van der Waals surface area contributed by atoms with Gasteiger partial charge in [0, 0.05) is 24.4 Å². The number of rotatable bonds is 7. The topological polar surface area (TPSA) is 87.7 Å². The van der Waals surface area contributed by atoms with E-state index in [2.05, 4.69) is 10.6 Å². The molecule has 6 nitrogen and oxygen atoms in total. The second-order valence-electron chi connectivity index (χ2n) is 4.28. The van der Waals surface area contributed by atoms with Crippen LogP contribution in [0.1, 0.15) is 12.8 Å². The molecule has 0 saturated heterocycles. The van der Waals surface area contributed by atoms with Crippen LogP contribution in [0, 0.1) is 5.82 Å². The third kappa shape index (κ3) is 6.42. The molecule has 0 heterocycles. The number of methoxy groups -OCH3 is 1. The summed E-state index contributed by atoms with van der Waals surface area (Å²) in [6.45, 7) is 0.395. The maximum absolute atomic E-state index is 13.1. The number of urea groups is 1. The Bertz CT molecular complexity index is 493. The molecule has 1 atom stereocenters. The number of aliphatic carboxylic acids is 1. The van der Waals surface area contributed by atoms with Crippen molar-refractivity contribution in [1.82, 2.24) is 5.32 Å². The predicted molar refractivity (Wildman–Crippen MR) is 76.1 cm³/mol. The third-order valence-electron chi connectivity index (χ3n) is 2.57. The number of hydrogen-bond acceptors (Lipinski definition) is 3. The lowest BCUT2D eigenvalue weighted by atomic mass is 10.1. The largest absolute Gasteiger partial charge is 0.480 e. The number of carbonyl (C=O) groups excluding carboxylic acids is 1. The number of ether oxygens (including phenoxy) is 1. The van der Waals surface area contributed by atoms with Crippen molar-refractivity contribution < 1.29 is 23.8 Å². The van der Waals surface area contributed by atoms with Gasteiger partial charge in [0.25, 0.3) is 0 Å². The number of benzene rings is 1. The molecule has 0 aliphatic rings. The molecule has 3 N–H and O–H groups in total. The van der Waals surface area contributed by atoms with Gasteiger partial charge in [-0.1, -0.05) is 11.6 Å². The van der Waals surface area contributed by atoms with Crippen molar-refractivity contribution in [3.8, 4) is 0 Å². The number of anilines is 1. The van der Waals surface area contributed by atoms with E-state index >= 15 is 0 Å². The number of carbonyl (C=O) groups is 2. The Morgan fingerprint density at radius 1 is 1.43 bits per heavy atom. The van der Waals surface area contributed by atoms with Crippen molar-refractivity contribution in [2.45, 2.75) is 18.9 Å². The van der Waals surface area contributed by atoms with Crippen molar-refractivity contribution in [3.05, 3.63) is 29.0 Å². The maximum Gasteiger partial charge on any atom is 0.326 e. The Balaban J connectivity index is 2.58. The lowest BCUT2D eigenvalue weighted by molar-refractivity contribution is -0.139. The van der Waals surface area contributed by atoms with Crippen LogP contribution in [0.2, 0.25) is 5.02 Å². The van der Waals surface area contributed by atoms with E-state index in [0.717, 1.165) is 12.1 Å². The smallest absolute Gasteiger partial charge is 0.326 e. The highest BCUT2D eigenvalue weighted by atomic mass is 35.5. The van der Waals surface area contributed by atoms with Gasteiger partial charge in [0.05, 0.1) is 0 Å². The molecule has 0 aliphatic carbocycles. The summed E-state index contributed by atoms with van der Waals surface area (Å²) in [5.41, 5.74) is 0.138. The molecule has 0 aliphatic heterocycles. The first-order valence-corrected chi connectivity index (χ1v) is 6.55. The number of nitrogens with one attached hydrogen (secondary N) is 2. The van der Waals surface area contributed by atoms with Gasteiger partial charge in [-0.3, -0.25) is 0 Å². The molecule has 2 amide bonds. The van der Waals surface area contributed by atoms with E-state index < -0.39 is 23.9 Å². The van der Waals surface area contributed by atoms with Gasteiger partial charge in [-0.05, 0) is 31.0 Å². The van der Waals surface area contributed by atoms with E-state index in [1.165, 1.54) is 13.2 Å². The molecule has 0 fully saturated rings. The summed E-state index contributed by atoms with van der Waals surface area (Å²) in [5.74, 6) is -1.76. The Kier molecular flexibility index (Phi) is 6.90. The van der Waals surface area contributed by atoms with Crippen molar-refractivity contribution >= 4 is 29.3 Å². The van der Waals surface area contributed by atoms with Gasteiger partial charge in [0.1, 0.15) is 11.9 Å². The fraction of sp³-hybridized carbons (Fsp3) is 0.385. The van der Waals surface area contributed by atoms with Crippen LogP contribution < -0.4 is 10.6 Å². The van der Waals surface area contributed by atoms with Gasteiger partial charge in [0.15, 0.2) is 0 Å². The fourth-order valence-electron chi connectivity index (χ4n) is 1.64. The lowest BCUT2D eigenvalue weighted by Crippen LogP contribution is -2.43. The molecule has 8 heteroatoms. The monoisotopic (exact) mass is 318 g/mol. The number of hydrogen-bond donors (Lipinski definition) is 3. The molecule has 0 bridgehead atoms. The van der Waals surface area contributed by atoms with Gasteiger partial charge in [-0.15, -0.1) is 0 Å². The van der Waals surface area contributed by atoms with Gasteiger partial charge >= 0.3 is 12.0 Å². The lowest BCUT2D eigenvalue weighted by Gasteiger charge is -2.15. The Labute approximate surface area is 126 Å². The average Bonchev–Trinajstić information content (AvgIpc) is 2.36. The Hall–Kier alpha value is -1.86. The summed E-state index contributed by atoms with van der Waals surface area (Å²) in [5, 5.41) is 13.8. The first-order valence-electron chi connectivity index (χ1n) is 6.17. The second-order valence-corrected chi connectivity index (χ2v) is 4.72. The minimum atomic E-state index is -1.15. The van der Waals surface area contributed by atoms with E-state index in [0.29, 0.717) is 13.0 Å². The summed E-state index contributed by atoms with van der Waals surface area (Å²) in [4.78, 5) is 22.7. The molecule has 1 aromatic carbocycles. The van der Waals surface area contributed by atoms with E-state index in [9.17, 15) is 14.0 Å². The normalized spacial score (nSPS) is 11.8. The first kappa shape index (κ1) is 17.2. The van der Waals surface area contributed by atoms with Crippen LogP contribution in [0.15, 0.2) is 18.2 Å². The summed E-state index contributed by atoms with van der Waals surface area (Å²) < 4.78 is 17.9. The van der Waals surface area contributed by atoms with Crippen LogP contribution in [0.5, 0.6) is 0 Å². The quantitative estimate of drug-likeness (QED) is 0.674. The van der Waals surface area contributed by atoms with E-state index in [1.54, 1.807) is 0 Å². The van der Waals surface area contributed by atoms with Gasteiger partial charge in [0.2, 0.25) is 0 Å².